The Hall–Kier alpha value is -4.09. The molecule has 13 heteroatoms. The number of benzene rings is 3. The standard InChI is InChI=1S/C23H16Cl2F2N6O3/c24-17-3-1-5-19(26)15(17)11-28-22-30-23(29-12-16-18(25)4-2-6-20(16)27)32(31-22)21(34)13-7-9-14(10-8-13)33(35)36/h1-10H,11-12H2,(H2,28,29,30,31). The number of carbonyl (C=O) groups is 1. The number of nitro benzene ring substituents is 1. The molecular formula is C23H16Cl2F2N6O3. The van der Waals surface area contributed by atoms with E-state index in [1.54, 1.807) is 0 Å². The number of aromatic nitrogens is 3. The van der Waals surface area contributed by atoms with Gasteiger partial charge in [-0.05, 0) is 36.4 Å². The van der Waals surface area contributed by atoms with Gasteiger partial charge in [-0.25, -0.2) is 8.78 Å². The molecule has 4 rings (SSSR count). The number of hydrogen-bond donors (Lipinski definition) is 2. The zero-order chi connectivity index (χ0) is 25.8. The first kappa shape index (κ1) is 25.0. The molecular weight excluding hydrogens is 517 g/mol. The first-order valence-corrected chi connectivity index (χ1v) is 11.1. The van der Waals surface area contributed by atoms with Crippen LogP contribution in [0.3, 0.4) is 0 Å². The summed E-state index contributed by atoms with van der Waals surface area (Å²) in [5.41, 5.74) is 0.206. The first-order valence-electron chi connectivity index (χ1n) is 10.3. The monoisotopic (exact) mass is 532 g/mol. The quantitative estimate of drug-likeness (QED) is 0.221. The Labute approximate surface area is 212 Å². The molecule has 0 spiro atoms. The highest BCUT2D eigenvalue weighted by Gasteiger charge is 2.20. The van der Waals surface area contributed by atoms with E-state index in [4.69, 9.17) is 23.2 Å². The lowest BCUT2D eigenvalue weighted by molar-refractivity contribution is -0.384. The number of hydrogen-bond acceptors (Lipinski definition) is 7. The number of nitrogens with zero attached hydrogens (tertiary/aromatic N) is 4. The van der Waals surface area contributed by atoms with Crippen molar-refractivity contribution in [3.8, 4) is 0 Å². The average molecular weight is 533 g/mol. The van der Waals surface area contributed by atoms with Crippen molar-refractivity contribution in [3.63, 3.8) is 0 Å². The molecule has 0 unspecified atom stereocenters. The van der Waals surface area contributed by atoms with Gasteiger partial charge < -0.3 is 10.6 Å². The van der Waals surface area contributed by atoms with Crippen LogP contribution in [0.25, 0.3) is 0 Å². The second-order valence-electron chi connectivity index (χ2n) is 7.39. The van der Waals surface area contributed by atoms with Gasteiger partial charge in [-0.3, -0.25) is 14.9 Å². The number of rotatable bonds is 8. The SMILES string of the molecule is O=C(c1ccc([N+](=O)[O-])cc1)n1nc(NCc2c(F)cccc2Cl)nc1NCc1c(F)cccc1Cl. The largest absolute Gasteiger partial charge is 0.350 e. The van der Waals surface area contributed by atoms with Crippen LogP contribution in [-0.2, 0) is 13.1 Å². The first-order chi connectivity index (χ1) is 17.2. The Morgan fingerprint density at radius 1 is 0.917 bits per heavy atom. The summed E-state index contributed by atoms with van der Waals surface area (Å²) in [4.78, 5) is 27.7. The summed E-state index contributed by atoms with van der Waals surface area (Å²) >= 11 is 12.1. The van der Waals surface area contributed by atoms with Crippen molar-refractivity contribution in [2.45, 2.75) is 13.1 Å². The van der Waals surface area contributed by atoms with Crippen LogP contribution in [0, 0.1) is 21.7 Å². The van der Waals surface area contributed by atoms with Crippen molar-refractivity contribution >= 4 is 46.7 Å². The summed E-state index contributed by atoms with van der Waals surface area (Å²) in [7, 11) is 0. The van der Waals surface area contributed by atoms with Gasteiger partial charge in [-0.2, -0.15) is 9.67 Å². The van der Waals surface area contributed by atoms with Crippen LogP contribution in [0.15, 0.2) is 60.7 Å². The van der Waals surface area contributed by atoms with E-state index in [1.807, 2.05) is 0 Å². The van der Waals surface area contributed by atoms with Crippen molar-refractivity contribution in [3.05, 3.63) is 109 Å². The van der Waals surface area contributed by atoms with Gasteiger partial charge in [0.15, 0.2) is 0 Å². The van der Waals surface area contributed by atoms with E-state index in [0.717, 1.165) is 4.68 Å². The maximum atomic E-state index is 14.2. The molecule has 0 saturated heterocycles. The van der Waals surface area contributed by atoms with Crippen LogP contribution in [0.2, 0.25) is 10.0 Å². The highest BCUT2D eigenvalue weighted by Crippen LogP contribution is 2.23. The minimum Gasteiger partial charge on any atom is -0.350 e. The van der Waals surface area contributed by atoms with Gasteiger partial charge in [0.1, 0.15) is 11.6 Å². The van der Waals surface area contributed by atoms with E-state index < -0.39 is 22.5 Å². The molecule has 0 bridgehead atoms. The molecule has 0 fully saturated rings. The normalized spacial score (nSPS) is 10.8. The third-order valence-corrected chi connectivity index (χ3v) is 5.80. The van der Waals surface area contributed by atoms with Crippen LogP contribution in [0.5, 0.6) is 0 Å². The molecule has 1 heterocycles. The number of non-ortho nitro benzene ring substituents is 1. The van der Waals surface area contributed by atoms with Gasteiger partial charge in [0.05, 0.1) is 4.92 Å². The minimum absolute atomic E-state index is 0.0493. The molecule has 1 aromatic heterocycles. The topological polar surface area (TPSA) is 115 Å². The van der Waals surface area contributed by atoms with Gasteiger partial charge in [0.2, 0.25) is 11.9 Å². The van der Waals surface area contributed by atoms with E-state index >= 15 is 0 Å². The number of carbonyl (C=O) groups excluding carboxylic acids is 1. The summed E-state index contributed by atoms with van der Waals surface area (Å²) < 4.78 is 29.3. The molecule has 0 amide bonds. The summed E-state index contributed by atoms with van der Waals surface area (Å²) in [6, 6.07) is 13.3. The Morgan fingerprint density at radius 3 is 2.00 bits per heavy atom. The summed E-state index contributed by atoms with van der Waals surface area (Å²) in [5, 5.41) is 21.0. The van der Waals surface area contributed by atoms with Crippen LogP contribution in [-0.4, -0.2) is 25.6 Å². The lowest BCUT2D eigenvalue weighted by atomic mass is 10.2. The molecule has 0 atom stereocenters. The molecule has 3 aromatic carbocycles. The third-order valence-electron chi connectivity index (χ3n) is 5.09. The zero-order valence-corrected chi connectivity index (χ0v) is 19.7. The Balaban J connectivity index is 1.63. The number of anilines is 2. The van der Waals surface area contributed by atoms with Gasteiger partial charge in [0, 0.05) is 52.0 Å². The van der Waals surface area contributed by atoms with E-state index in [0.29, 0.717) is 0 Å². The van der Waals surface area contributed by atoms with Crippen molar-refractivity contribution in [2.24, 2.45) is 0 Å². The van der Waals surface area contributed by atoms with Crippen molar-refractivity contribution in [1.82, 2.24) is 14.8 Å². The van der Waals surface area contributed by atoms with Crippen molar-refractivity contribution < 1.29 is 18.5 Å². The highest BCUT2D eigenvalue weighted by atomic mass is 35.5. The fourth-order valence-electron chi connectivity index (χ4n) is 3.23. The van der Waals surface area contributed by atoms with E-state index in [-0.39, 0.29) is 57.4 Å². The van der Waals surface area contributed by atoms with Gasteiger partial charge in [0.25, 0.3) is 11.6 Å². The predicted octanol–water partition coefficient (Wildman–Crippen LogP) is 5.68. The predicted molar refractivity (Wildman–Crippen MR) is 130 cm³/mol. The smallest absolute Gasteiger partial charge is 0.281 e. The molecule has 4 aromatic rings. The van der Waals surface area contributed by atoms with Crippen LogP contribution in [0.4, 0.5) is 26.4 Å². The van der Waals surface area contributed by atoms with E-state index in [1.165, 1.54) is 60.7 Å². The second-order valence-corrected chi connectivity index (χ2v) is 8.20. The number of nitrogens with one attached hydrogen (secondary N) is 2. The molecule has 9 nitrogen and oxygen atoms in total. The second kappa shape index (κ2) is 10.7. The van der Waals surface area contributed by atoms with Crippen LogP contribution >= 0.6 is 23.2 Å². The molecule has 0 saturated carbocycles. The number of halogens is 4. The van der Waals surface area contributed by atoms with Gasteiger partial charge >= 0.3 is 0 Å². The van der Waals surface area contributed by atoms with Crippen molar-refractivity contribution in [1.29, 1.82) is 0 Å². The summed E-state index contributed by atoms with van der Waals surface area (Å²) in [5.74, 6) is -1.89. The highest BCUT2D eigenvalue weighted by molar-refractivity contribution is 6.31. The molecule has 0 aliphatic carbocycles. The minimum atomic E-state index is -0.670. The molecule has 2 N–H and O–H groups in total. The zero-order valence-electron chi connectivity index (χ0n) is 18.2. The Bertz CT molecular complexity index is 1410. The fourth-order valence-corrected chi connectivity index (χ4v) is 3.69. The third kappa shape index (κ3) is 5.42. The Morgan fingerprint density at radius 2 is 1.47 bits per heavy atom. The fraction of sp³-hybridized carbons (Fsp3) is 0.0870. The lowest BCUT2D eigenvalue weighted by Crippen LogP contribution is -2.18. The molecule has 36 heavy (non-hydrogen) atoms. The molecule has 0 aliphatic rings. The van der Waals surface area contributed by atoms with Gasteiger partial charge in [-0.15, -0.1) is 5.10 Å². The van der Waals surface area contributed by atoms with E-state index in [9.17, 15) is 23.7 Å². The van der Waals surface area contributed by atoms with Gasteiger partial charge in [-0.1, -0.05) is 35.3 Å². The van der Waals surface area contributed by atoms with Crippen LogP contribution in [0.1, 0.15) is 21.5 Å². The summed E-state index contributed by atoms with van der Waals surface area (Å²) in [6.45, 7) is -0.212. The maximum Gasteiger partial charge on any atom is 0.281 e. The molecule has 0 radical (unpaired) electrons. The van der Waals surface area contributed by atoms with Crippen molar-refractivity contribution in [2.75, 3.05) is 10.6 Å². The summed E-state index contributed by atoms with van der Waals surface area (Å²) in [6.07, 6.45) is 0. The molecule has 0 aliphatic heterocycles. The average Bonchev–Trinajstić information content (AvgIpc) is 3.26. The van der Waals surface area contributed by atoms with Crippen LogP contribution < -0.4 is 10.6 Å². The number of nitro groups is 1. The maximum absolute atomic E-state index is 14.2. The molecule has 184 valence electrons. The Kier molecular flexibility index (Phi) is 7.41. The van der Waals surface area contributed by atoms with E-state index in [2.05, 4.69) is 20.7 Å². The lowest BCUT2D eigenvalue weighted by Gasteiger charge is -2.09.